The molecular formula is C13H11F3N2O2S. The lowest BCUT2D eigenvalue weighted by Gasteiger charge is -2.15. The van der Waals surface area contributed by atoms with E-state index in [0.29, 0.717) is 6.07 Å². The Balaban J connectivity index is 2.33. The zero-order chi connectivity index (χ0) is 15.6. The Morgan fingerprint density at radius 3 is 2.57 bits per heavy atom. The Bertz CT molecular complexity index is 641. The van der Waals surface area contributed by atoms with Gasteiger partial charge in [0.2, 0.25) is 0 Å². The average molecular weight is 316 g/mol. The number of thiophene rings is 1. The van der Waals surface area contributed by atoms with E-state index in [1.165, 1.54) is 11.3 Å². The van der Waals surface area contributed by atoms with Crippen LogP contribution >= 0.6 is 11.3 Å². The fourth-order valence-corrected chi connectivity index (χ4v) is 2.56. The molecule has 0 amide bonds. The molecule has 8 heteroatoms. The second-order valence-electron chi connectivity index (χ2n) is 4.37. The van der Waals surface area contributed by atoms with Crippen molar-refractivity contribution in [1.29, 1.82) is 0 Å². The first-order valence-electron chi connectivity index (χ1n) is 5.94. The van der Waals surface area contributed by atoms with Gasteiger partial charge in [0.15, 0.2) is 0 Å². The minimum atomic E-state index is -4.61. The highest BCUT2D eigenvalue weighted by atomic mass is 32.1. The zero-order valence-electron chi connectivity index (χ0n) is 10.8. The van der Waals surface area contributed by atoms with E-state index in [1.54, 1.807) is 6.92 Å². The number of alkyl halides is 3. The maximum Gasteiger partial charge on any atom is 0.416 e. The van der Waals surface area contributed by atoms with Crippen LogP contribution in [0, 0.1) is 10.1 Å². The molecule has 4 nitrogen and oxygen atoms in total. The molecule has 0 spiro atoms. The molecule has 1 aromatic heterocycles. The number of hydrogen-bond donors (Lipinski definition) is 1. The second-order valence-corrected chi connectivity index (χ2v) is 5.35. The van der Waals surface area contributed by atoms with Crippen LogP contribution in [0.5, 0.6) is 0 Å². The van der Waals surface area contributed by atoms with Crippen LogP contribution < -0.4 is 5.32 Å². The van der Waals surface area contributed by atoms with E-state index in [-0.39, 0.29) is 11.7 Å². The molecule has 112 valence electrons. The molecule has 1 aromatic carbocycles. The summed E-state index contributed by atoms with van der Waals surface area (Å²) in [5.41, 5.74) is -1.56. The Hall–Kier alpha value is -2.09. The molecule has 0 radical (unpaired) electrons. The lowest BCUT2D eigenvalue weighted by Crippen LogP contribution is -2.10. The minimum absolute atomic E-state index is 0.0638. The summed E-state index contributed by atoms with van der Waals surface area (Å²) in [6.45, 7) is 1.78. The van der Waals surface area contributed by atoms with Crippen molar-refractivity contribution in [3.05, 3.63) is 56.3 Å². The molecule has 0 bridgehead atoms. The van der Waals surface area contributed by atoms with Gasteiger partial charge in [-0.2, -0.15) is 13.2 Å². The van der Waals surface area contributed by atoms with Crippen LogP contribution in [0.2, 0.25) is 0 Å². The van der Waals surface area contributed by atoms with E-state index >= 15 is 0 Å². The number of hydrogen-bond acceptors (Lipinski definition) is 4. The van der Waals surface area contributed by atoms with E-state index in [1.807, 2.05) is 17.5 Å². The normalized spacial score (nSPS) is 13.0. The van der Waals surface area contributed by atoms with Crippen LogP contribution in [0.15, 0.2) is 35.7 Å². The number of nitrogens with one attached hydrogen (secondary N) is 1. The Morgan fingerprint density at radius 2 is 2.05 bits per heavy atom. The van der Waals surface area contributed by atoms with Gasteiger partial charge in [0.1, 0.15) is 5.69 Å². The van der Waals surface area contributed by atoms with Gasteiger partial charge in [0.05, 0.1) is 16.5 Å². The summed E-state index contributed by atoms with van der Waals surface area (Å²) >= 11 is 1.46. The molecule has 0 aliphatic rings. The van der Waals surface area contributed by atoms with Gasteiger partial charge in [0, 0.05) is 10.9 Å². The predicted octanol–water partition coefficient (Wildman–Crippen LogP) is 4.85. The molecular weight excluding hydrogens is 305 g/mol. The summed E-state index contributed by atoms with van der Waals surface area (Å²) in [5.74, 6) is 0. The van der Waals surface area contributed by atoms with Gasteiger partial charge >= 0.3 is 6.18 Å². The molecule has 2 aromatic rings. The standard InChI is InChI=1S/C13H11F3N2O2S/c1-8(12-3-2-6-21-12)17-10-5-4-9(13(14,15)16)7-11(10)18(19)20/h2-8,17H,1H3. The third-order valence-corrected chi connectivity index (χ3v) is 3.92. The number of nitro benzene ring substituents is 1. The van der Waals surface area contributed by atoms with E-state index in [0.717, 1.165) is 17.0 Å². The van der Waals surface area contributed by atoms with Crippen molar-refractivity contribution >= 4 is 22.7 Å². The van der Waals surface area contributed by atoms with Crippen LogP contribution in [-0.4, -0.2) is 4.92 Å². The Morgan fingerprint density at radius 1 is 1.33 bits per heavy atom. The van der Waals surface area contributed by atoms with Gasteiger partial charge in [-0.15, -0.1) is 11.3 Å². The summed E-state index contributed by atoms with van der Waals surface area (Å²) in [4.78, 5) is 11.1. The van der Waals surface area contributed by atoms with Crippen molar-refractivity contribution in [2.75, 3.05) is 5.32 Å². The minimum Gasteiger partial charge on any atom is -0.372 e. The van der Waals surface area contributed by atoms with E-state index in [9.17, 15) is 23.3 Å². The third-order valence-electron chi connectivity index (χ3n) is 2.86. The van der Waals surface area contributed by atoms with Gasteiger partial charge in [-0.25, -0.2) is 0 Å². The van der Waals surface area contributed by atoms with Crippen molar-refractivity contribution in [2.45, 2.75) is 19.1 Å². The number of nitro groups is 1. The van der Waals surface area contributed by atoms with Crippen molar-refractivity contribution in [2.24, 2.45) is 0 Å². The monoisotopic (exact) mass is 316 g/mol. The van der Waals surface area contributed by atoms with Crippen molar-refractivity contribution in [3.8, 4) is 0 Å². The van der Waals surface area contributed by atoms with Gasteiger partial charge < -0.3 is 5.32 Å². The third kappa shape index (κ3) is 3.52. The lowest BCUT2D eigenvalue weighted by molar-refractivity contribution is -0.384. The number of benzene rings is 1. The van der Waals surface area contributed by atoms with Gasteiger partial charge in [-0.1, -0.05) is 6.07 Å². The summed E-state index contributed by atoms with van der Waals surface area (Å²) in [6, 6.07) is 5.91. The highest BCUT2D eigenvalue weighted by Crippen LogP contribution is 2.36. The molecule has 0 aliphatic carbocycles. The van der Waals surface area contributed by atoms with E-state index < -0.39 is 22.4 Å². The van der Waals surface area contributed by atoms with Crippen LogP contribution in [0.1, 0.15) is 23.4 Å². The SMILES string of the molecule is CC(Nc1ccc(C(F)(F)F)cc1[N+](=O)[O-])c1cccs1. The number of anilines is 1. The van der Waals surface area contributed by atoms with Crippen molar-refractivity contribution in [1.82, 2.24) is 0 Å². The van der Waals surface area contributed by atoms with Crippen LogP contribution in [0.25, 0.3) is 0 Å². The summed E-state index contributed by atoms with van der Waals surface area (Å²) < 4.78 is 37.8. The highest BCUT2D eigenvalue weighted by Gasteiger charge is 2.33. The van der Waals surface area contributed by atoms with Crippen molar-refractivity contribution < 1.29 is 18.1 Å². The molecule has 1 N–H and O–H groups in total. The van der Waals surface area contributed by atoms with Gasteiger partial charge in [0.25, 0.3) is 5.69 Å². The molecule has 1 atom stereocenters. The maximum atomic E-state index is 12.6. The average Bonchev–Trinajstić information content (AvgIpc) is 2.91. The molecule has 0 saturated carbocycles. The molecule has 2 rings (SSSR count). The van der Waals surface area contributed by atoms with E-state index in [2.05, 4.69) is 5.32 Å². The maximum absolute atomic E-state index is 12.6. The first-order valence-corrected chi connectivity index (χ1v) is 6.82. The summed E-state index contributed by atoms with van der Waals surface area (Å²) in [6.07, 6.45) is -4.61. The smallest absolute Gasteiger partial charge is 0.372 e. The van der Waals surface area contributed by atoms with Crippen molar-refractivity contribution in [3.63, 3.8) is 0 Å². The summed E-state index contributed by atoms with van der Waals surface area (Å²) in [7, 11) is 0. The molecule has 1 heterocycles. The second kappa shape index (κ2) is 5.72. The Kier molecular flexibility index (Phi) is 4.17. The highest BCUT2D eigenvalue weighted by molar-refractivity contribution is 7.10. The number of nitrogens with zero attached hydrogens (tertiary/aromatic N) is 1. The molecule has 0 aliphatic heterocycles. The summed E-state index contributed by atoms with van der Waals surface area (Å²) in [5, 5.41) is 15.7. The van der Waals surface area contributed by atoms with E-state index in [4.69, 9.17) is 0 Å². The van der Waals surface area contributed by atoms with Crippen LogP contribution in [0.3, 0.4) is 0 Å². The molecule has 1 unspecified atom stereocenters. The largest absolute Gasteiger partial charge is 0.416 e. The van der Waals surface area contributed by atoms with Crippen LogP contribution in [0.4, 0.5) is 24.5 Å². The number of halogens is 3. The van der Waals surface area contributed by atoms with Gasteiger partial charge in [-0.3, -0.25) is 10.1 Å². The lowest BCUT2D eigenvalue weighted by atomic mass is 10.1. The number of rotatable bonds is 4. The van der Waals surface area contributed by atoms with Gasteiger partial charge in [-0.05, 0) is 30.5 Å². The fourth-order valence-electron chi connectivity index (χ4n) is 1.82. The van der Waals surface area contributed by atoms with Crippen LogP contribution in [-0.2, 0) is 6.18 Å². The first kappa shape index (κ1) is 15.3. The topological polar surface area (TPSA) is 55.2 Å². The predicted molar refractivity (Wildman–Crippen MR) is 74.5 cm³/mol. The Labute approximate surface area is 122 Å². The molecule has 0 fully saturated rings. The first-order chi connectivity index (χ1) is 9.79. The zero-order valence-corrected chi connectivity index (χ0v) is 11.7. The molecule has 21 heavy (non-hydrogen) atoms. The molecule has 0 saturated heterocycles. The quantitative estimate of drug-likeness (QED) is 0.648. The fraction of sp³-hybridized carbons (Fsp3) is 0.231.